The van der Waals surface area contributed by atoms with Crippen molar-refractivity contribution in [3.05, 3.63) is 34.4 Å². The van der Waals surface area contributed by atoms with Gasteiger partial charge in [-0.3, -0.25) is 14.4 Å². The maximum absolute atomic E-state index is 13.0. The summed E-state index contributed by atoms with van der Waals surface area (Å²) >= 11 is 0. The number of nitrogens with zero attached hydrogens (tertiary/aromatic N) is 1. The van der Waals surface area contributed by atoms with E-state index in [1.807, 2.05) is 32.9 Å². The second-order valence-corrected chi connectivity index (χ2v) is 7.32. The molecule has 1 aliphatic rings. The zero-order chi connectivity index (χ0) is 20.1. The fraction of sp³-hybridized carbons (Fsp3) is 0.522. The van der Waals surface area contributed by atoms with Gasteiger partial charge in [0.15, 0.2) is 5.78 Å². The van der Waals surface area contributed by atoms with Crippen molar-refractivity contribution in [2.24, 2.45) is 5.92 Å². The minimum Gasteiger partial charge on any atom is -0.346 e. The third-order valence-corrected chi connectivity index (χ3v) is 5.27. The van der Waals surface area contributed by atoms with Crippen molar-refractivity contribution < 1.29 is 14.4 Å². The number of Topliss-reactive ketones (excluding diaryl/α,β-unsaturated/α-hetero) is 2. The van der Waals surface area contributed by atoms with E-state index in [0.717, 1.165) is 35.1 Å². The maximum atomic E-state index is 13.0. The smallest absolute Gasteiger partial charge is 0.223 e. The summed E-state index contributed by atoms with van der Waals surface area (Å²) in [5.74, 6) is 4.46. The van der Waals surface area contributed by atoms with Crippen LogP contribution in [0.25, 0.3) is 0 Å². The number of benzene rings is 1. The van der Waals surface area contributed by atoms with Gasteiger partial charge in [0, 0.05) is 37.9 Å². The van der Waals surface area contributed by atoms with E-state index in [1.165, 1.54) is 0 Å². The van der Waals surface area contributed by atoms with Crippen LogP contribution in [0.15, 0.2) is 12.1 Å². The van der Waals surface area contributed by atoms with E-state index in [4.69, 9.17) is 0 Å². The van der Waals surface area contributed by atoms with Crippen LogP contribution in [0.3, 0.4) is 0 Å². The molecule has 0 spiro atoms. The van der Waals surface area contributed by atoms with Gasteiger partial charge in [0.05, 0.1) is 0 Å². The van der Waals surface area contributed by atoms with Gasteiger partial charge in [-0.05, 0) is 55.5 Å². The first kappa shape index (κ1) is 20.9. The number of hydrogen-bond acceptors (Lipinski definition) is 3. The first-order valence-corrected chi connectivity index (χ1v) is 9.70. The Kier molecular flexibility index (Phi) is 6.96. The summed E-state index contributed by atoms with van der Waals surface area (Å²) in [6, 6.07) is 3.92. The summed E-state index contributed by atoms with van der Waals surface area (Å²) < 4.78 is 0. The van der Waals surface area contributed by atoms with Crippen LogP contribution in [0.4, 0.5) is 0 Å². The molecule has 1 amide bonds. The molecule has 0 bridgehead atoms. The number of ketones is 2. The van der Waals surface area contributed by atoms with Gasteiger partial charge < -0.3 is 4.90 Å². The summed E-state index contributed by atoms with van der Waals surface area (Å²) in [4.78, 5) is 39.8. The average molecular weight is 367 g/mol. The van der Waals surface area contributed by atoms with Gasteiger partial charge in [0.2, 0.25) is 5.91 Å². The minimum atomic E-state index is -0.738. The lowest BCUT2D eigenvalue weighted by Gasteiger charge is -2.19. The zero-order valence-corrected chi connectivity index (χ0v) is 17.0. The van der Waals surface area contributed by atoms with Crippen LogP contribution in [0.2, 0.25) is 0 Å². The SMILES string of the molecule is CC#Cc1cc(C)c(C2C(=O)CC(CC(=O)N(C)CCC)C2=O)c(CC)c1. The topological polar surface area (TPSA) is 54.5 Å². The van der Waals surface area contributed by atoms with E-state index in [9.17, 15) is 14.4 Å². The van der Waals surface area contributed by atoms with Crippen molar-refractivity contribution in [3.8, 4) is 11.8 Å². The lowest BCUT2D eigenvalue weighted by Crippen LogP contribution is -2.30. The van der Waals surface area contributed by atoms with Gasteiger partial charge in [-0.25, -0.2) is 0 Å². The molecule has 1 aliphatic carbocycles. The molecule has 2 atom stereocenters. The summed E-state index contributed by atoms with van der Waals surface area (Å²) in [6.07, 6.45) is 1.88. The summed E-state index contributed by atoms with van der Waals surface area (Å²) in [6.45, 7) is 8.41. The first-order chi connectivity index (χ1) is 12.8. The summed E-state index contributed by atoms with van der Waals surface area (Å²) in [7, 11) is 1.75. The van der Waals surface area contributed by atoms with Crippen molar-refractivity contribution >= 4 is 17.5 Å². The molecule has 4 nitrogen and oxygen atoms in total. The molecule has 0 aromatic heterocycles. The third-order valence-electron chi connectivity index (χ3n) is 5.27. The highest BCUT2D eigenvalue weighted by Gasteiger charge is 2.44. The average Bonchev–Trinajstić information content (AvgIpc) is 2.88. The third kappa shape index (κ3) is 4.47. The molecule has 27 heavy (non-hydrogen) atoms. The van der Waals surface area contributed by atoms with Crippen LogP contribution in [0, 0.1) is 24.7 Å². The van der Waals surface area contributed by atoms with Crippen LogP contribution in [0.5, 0.6) is 0 Å². The number of rotatable bonds is 6. The van der Waals surface area contributed by atoms with Gasteiger partial charge >= 0.3 is 0 Å². The van der Waals surface area contributed by atoms with Crippen molar-refractivity contribution in [3.63, 3.8) is 0 Å². The highest BCUT2D eigenvalue weighted by atomic mass is 16.2. The van der Waals surface area contributed by atoms with Gasteiger partial charge in [-0.1, -0.05) is 19.8 Å². The normalized spacial score (nSPS) is 19.0. The van der Waals surface area contributed by atoms with E-state index in [2.05, 4.69) is 11.8 Å². The van der Waals surface area contributed by atoms with E-state index < -0.39 is 11.8 Å². The molecule has 2 rings (SSSR count). The molecular weight excluding hydrogens is 338 g/mol. The molecule has 1 aromatic rings. The highest BCUT2D eigenvalue weighted by molar-refractivity contribution is 6.15. The molecule has 2 unspecified atom stereocenters. The quantitative estimate of drug-likeness (QED) is 0.572. The molecule has 4 heteroatoms. The Morgan fingerprint density at radius 3 is 2.56 bits per heavy atom. The first-order valence-electron chi connectivity index (χ1n) is 9.70. The highest BCUT2D eigenvalue weighted by Crippen LogP contribution is 2.38. The largest absolute Gasteiger partial charge is 0.346 e. The molecular formula is C23H29NO3. The Labute approximate surface area is 162 Å². The van der Waals surface area contributed by atoms with Crippen molar-refractivity contribution in [2.75, 3.05) is 13.6 Å². The second-order valence-electron chi connectivity index (χ2n) is 7.32. The van der Waals surface area contributed by atoms with Crippen LogP contribution in [-0.4, -0.2) is 36.0 Å². The van der Waals surface area contributed by atoms with Crippen molar-refractivity contribution in [1.82, 2.24) is 4.90 Å². The number of hydrogen-bond donors (Lipinski definition) is 0. The van der Waals surface area contributed by atoms with E-state index in [-0.39, 0.29) is 30.3 Å². The fourth-order valence-electron chi connectivity index (χ4n) is 3.95. The number of carbonyl (C=O) groups excluding carboxylic acids is 3. The van der Waals surface area contributed by atoms with Gasteiger partial charge in [0.1, 0.15) is 11.7 Å². The Bertz CT molecular complexity index is 813. The van der Waals surface area contributed by atoms with Crippen LogP contribution < -0.4 is 0 Å². The molecule has 0 N–H and O–H groups in total. The van der Waals surface area contributed by atoms with Crippen molar-refractivity contribution in [1.29, 1.82) is 0 Å². The van der Waals surface area contributed by atoms with Gasteiger partial charge in [0.25, 0.3) is 0 Å². The molecule has 0 aliphatic heterocycles. The number of aryl methyl sites for hydroxylation is 2. The lowest BCUT2D eigenvalue weighted by atomic mass is 9.85. The molecule has 144 valence electrons. The predicted octanol–water partition coefficient (Wildman–Crippen LogP) is 3.43. The zero-order valence-electron chi connectivity index (χ0n) is 17.0. The molecule has 0 radical (unpaired) electrons. The monoisotopic (exact) mass is 367 g/mol. The Morgan fingerprint density at radius 1 is 1.26 bits per heavy atom. The molecule has 0 saturated heterocycles. The predicted molar refractivity (Wildman–Crippen MR) is 107 cm³/mol. The Hall–Kier alpha value is -2.41. The fourth-order valence-corrected chi connectivity index (χ4v) is 3.95. The van der Waals surface area contributed by atoms with E-state index in [0.29, 0.717) is 6.54 Å². The minimum absolute atomic E-state index is 0.0651. The molecule has 1 saturated carbocycles. The summed E-state index contributed by atoms with van der Waals surface area (Å²) in [5.41, 5.74) is 3.65. The van der Waals surface area contributed by atoms with Crippen molar-refractivity contribution in [2.45, 2.75) is 59.3 Å². The Morgan fingerprint density at radius 2 is 1.96 bits per heavy atom. The number of amides is 1. The lowest BCUT2D eigenvalue weighted by molar-refractivity contribution is -0.134. The van der Waals surface area contributed by atoms with Gasteiger partial charge in [-0.15, -0.1) is 5.92 Å². The maximum Gasteiger partial charge on any atom is 0.223 e. The van der Waals surface area contributed by atoms with Crippen LogP contribution in [0.1, 0.15) is 68.2 Å². The standard InChI is InChI=1S/C23H29NO3/c1-6-9-16-11-15(4)21(17(8-3)12-16)22-19(25)13-18(23(22)27)14-20(26)24(5)10-7-2/h11-12,18,22H,7-8,10,13-14H2,1-5H3. The molecule has 1 aromatic carbocycles. The molecule has 0 heterocycles. The number of carbonyl (C=O) groups is 3. The van der Waals surface area contributed by atoms with Crippen LogP contribution in [-0.2, 0) is 20.8 Å². The van der Waals surface area contributed by atoms with Gasteiger partial charge in [-0.2, -0.15) is 0 Å². The Balaban J connectivity index is 2.32. The van der Waals surface area contributed by atoms with Crippen LogP contribution >= 0.6 is 0 Å². The van der Waals surface area contributed by atoms with E-state index in [1.54, 1.807) is 18.9 Å². The summed E-state index contributed by atoms with van der Waals surface area (Å²) in [5, 5.41) is 0. The van der Waals surface area contributed by atoms with E-state index >= 15 is 0 Å². The second kappa shape index (κ2) is 8.99. The molecule has 1 fully saturated rings.